The molecular formula is C15H13NO2. The lowest BCUT2D eigenvalue weighted by molar-refractivity contribution is -0.125. The predicted molar refractivity (Wildman–Crippen MR) is 69.3 cm³/mol. The molecule has 2 aromatic rings. The van der Waals surface area contributed by atoms with Gasteiger partial charge in [-0.1, -0.05) is 36.4 Å². The molecular weight excluding hydrogens is 226 g/mol. The average molecular weight is 239 g/mol. The van der Waals surface area contributed by atoms with E-state index in [9.17, 15) is 9.59 Å². The highest BCUT2D eigenvalue weighted by atomic mass is 16.1. The number of Topliss-reactive ketones (excluding diaryl/α,β-unsaturated/α-hetero) is 1. The van der Waals surface area contributed by atoms with Crippen LogP contribution in [0.1, 0.15) is 29.9 Å². The number of carbonyl (C=O) groups is 2. The van der Waals surface area contributed by atoms with Crippen LogP contribution in [0, 0.1) is 0 Å². The summed E-state index contributed by atoms with van der Waals surface area (Å²) in [7, 11) is 0. The second-order valence-electron chi connectivity index (χ2n) is 4.76. The fourth-order valence-electron chi connectivity index (χ4n) is 3.05. The van der Waals surface area contributed by atoms with Crippen LogP contribution < -0.4 is 5.73 Å². The van der Waals surface area contributed by atoms with Gasteiger partial charge in [0, 0.05) is 0 Å². The summed E-state index contributed by atoms with van der Waals surface area (Å²) in [4.78, 5) is 23.6. The van der Waals surface area contributed by atoms with Gasteiger partial charge in [0.05, 0.1) is 11.8 Å². The average Bonchev–Trinajstić information content (AvgIpc) is 2.67. The van der Waals surface area contributed by atoms with E-state index >= 15 is 0 Å². The second kappa shape index (κ2) is 3.67. The molecule has 0 heterocycles. The van der Waals surface area contributed by atoms with Crippen molar-refractivity contribution in [2.45, 2.75) is 18.8 Å². The molecule has 0 saturated carbocycles. The van der Waals surface area contributed by atoms with Gasteiger partial charge in [0.1, 0.15) is 5.78 Å². The Morgan fingerprint density at radius 2 is 1.56 bits per heavy atom. The molecule has 18 heavy (non-hydrogen) atoms. The maximum absolute atomic E-state index is 11.9. The minimum atomic E-state index is -0.524. The fourth-order valence-corrected chi connectivity index (χ4v) is 3.05. The largest absolute Gasteiger partial charge is 0.369 e. The Bertz CT molecular complexity index is 620. The number of carbonyl (C=O) groups excluding carboxylic acids is 2. The lowest BCUT2D eigenvalue weighted by Gasteiger charge is -2.15. The highest BCUT2D eigenvalue weighted by Gasteiger charge is 2.40. The van der Waals surface area contributed by atoms with E-state index in [0.29, 0.717) is 0 Å². The molecule has 1 aliphatic rings. The molecule has 0 radical (unpaired) electrons. The predicted octanol–water partition coefficient (Wildman–Crippen LogP) is 2.09. The van der Waals surface area contributed by atoms with Crippen LogP contribution >= 0.6 is 0 Å². The smallest absolute Gasteiger partial charge is 0.226 e. The van der Waals surface area contributed by atoms with Gasteiger partial charge in [-0.2, -0.15) is 0 Å². The van der Waals surface area contributed by atoms with Gasteiger partial charge in [0.2, 0.25) is 5.91 Å². The summed E-state index contributed by atoms with van der Waals surface area (Å²) in [6.07, 6.45) is 0. The number of hydrogen-bond acceptors (Lipinski definition) is 2. The number of amides is 1. The molecule has 3 nitrogen and oxygen atoms in total. The first kappa shape index (κ1) is 11.0. The Labute approximate surface area is 105 Å². The molecule has 0 spiro atoms. The summed E-state index contributed by atoms with van der Waals surface area (Å²) in [5.41, 5.74) is 7.30. The summed E-state index contributed by atoms with van der Waals surface area (Å²) < 4.78 is 0. The summed E-state index contributed by atoms with van der Waals surface area (Å²) in [6.45, 7) is 1.52. The van der Waals surface area contributed by atoms with Crippen molar-refractivity contribution in [2.75, 3.05) is 0 Å². The van der Waals surface area contributed by atoms with E-state index in [1.165, 1.54) is 6.92 Å². The monoisotopic (exact) mass is 239 g/mol. The van der Waals surface area contributed by atoms with E-state index < -0.39 is 17.7 Å². The zero-order valence-corrected chi connectivity index (χ0v) is 10.0. The molecule has 3 heteroatoms. The molecule has 2 atom stereocenters. The third kappa shape index (κ3) is 1.30. The van der Waals surface area contributed by atoms with Gasteiger partial charge in [-0.25, -0.2) is 0 Å². The van der Waals surface area contributed by atoms with Crippen molar-refractivity contribution in [3.8, 4) is 0 Å². The van der Waals surface area contributed by atoms with Gasteiger partial charge >= 0.3 is 0 Å². The summed E-state index contributed by atoms with van der Waals surface area (Å²) in [5.74, 6) is -1.39. The first-order chi connectivity index (χ1) is 8.61. The Morgan fingerprint density at radius 1 is 1.00 bits per heavy atom. The van der Waals surface area contributed by atoms with Crippen LogP contribution in [0.5, 0.6) is 0 Å². The molecule has 1 amide bonds. The third-order valence-corrected chi connectivity index (χ3v) is 3.72. The van der Waals surface area contributed by atoms with Crippen molar-refractivity contribution >= 4 is 22.5 Å². The minimum absolute atomic E-state index is 0.0116. The number of nitrogens with two attached hydrogens (primary N) is 1. The Hall–Kier alpha value is -2.16. The van der Waals surface area contributed by atoms with Crippen molar-refractivity contribution in [3.63, 3.8) is 0 Å². The molecule has 0 bridgehead atoms. The number of rotatable bonds is 2. The normalized spacial score (nSPS) is 21.2. The van der Waals surface area contributed by atoms with Crippen molar-refractivity contribution in [1.82, 2.24) is 0 Å². The van der Waals surface area contributed by atoms with Crippen molar-refractivity contribution < 1.29 is 9.59 Å². The van der Waals surface area contributed by atoms with Crippen LogP contribution in [0.4, 0.5) is 0 Å². The maximum Gasteiger partial charge on any atom is 0.226 e. The van der Waals surface area contributed by atoms with Crippen LogP contribution in [0.25, 0.3) is 10.8 Å². The van der Waals surface area contributed by atoms with Gasteiger partial charge in [-0.05, 0) is 28.8 Å². The van der Waals surface area contributed by atoms with Crippen LogP contribution in [-0.4, -0.2) is 11.7 Å². The lowest BCUT2D eigenvalue weighted by Crippen LogP contribution is -2.27. The van der Waals surface area contributed by atoms with E-state index in [1.54, 1.807) is 0 Å². The molecule has 2 N–H and O–H groups in total. The summed E-state index contributed by atoms with van der Waals surface area (Å²) in [6, 6.07) is 11.6. The minimum Gasteiger partial charge on any atom is -0.369 e. The number of benzene rings is 2. The Balaban J connectivity index is 2.38. The van der Waals surface area contributed by atoms with Crippen LogP contribution in [-0.2, 0) is 9.59 Å². The first-order valence-corrected chi connectivity index (χ1v) is 5.92. The fraction of sp³-hybridized carbons (Fsp3) is 0.200. The molecule has 2 aromatic carbocycles. The number of ketones is 1. The highest BCUT2D eigenvalue weighted by molar-refractivity contribution is 6.05. The molecule has 0 fully saturated rings. The molecule has 2 unspecified atom stereocenters. The van der Waals surface area contributed by atoms with Gasteiger partial charge < -0.3 is 5.73 Å². The van der Waals surface area contributed by atoms with E-state index in [1.807, 2.05) is 36.4 Å². The quantitative estimate of drug-likeness (QED) is 0.872. The highest BCUT2D eigenvalue weighted by Crippen LogP contribution is 2.46. The van der Waals surface area contributed by atoms with Crippen molar-refractivity contribution in [3.05, 3.63) is 47.5 Å². The van der Waals surface area contributed by atoms with Gasteiger partial charge in [-0.15, -0.1) is 0 Å². The first-order valence-electron chi connectivity index (χ1n) is 5.92. The van der Waals surface area contributed by atoms with Crippen molar-refractivity contribution in [2.24, 2.45) is 5.73 Å². The molecule has 0 aliphatic heterocycles. The van der Waals surface area contributed by atoms with Gasteiger partial charge in [-0.3, -0.25) is 9.59 Å². The third-order valence-electron chi connectivity index (χ3n) is 3.72. The Morgan fingerprint density at radius 3 is 2.06 bits per heavy atom. The van der Waals surface area contributed by atoms with E-state index in [-0.39, 0.29) is 5.78 Å². The van der Waals surface area contributed by atoms with Gasteiger partial charge in [0.15, 0.2) is 0 Å². The van der Waals surface area contributed by atoms with E-state index in [2.05, 4.69) is 0 Å². The molecule has 3 rings (SSSR count). The van der Waals surface area contributed by atoms with E-state index in [0.717, 1.165) is 21.9 Å². The lowest BCUT2D eigenvalue weighted by atomic mass is 9.86. The molecule has 0 saturated heterocycles. The number of hydrogen-bond donors (Lipinski definition) is 1. The Kier molecular flexibility index (Phi) is 2.23. The SMILES string of the molecule is CC(=O)C1c2cccc3cccc(c23)C1C(N)=O. The van der Waals surface area contributed by atoms with Crippen molar-refractivity contribution in [1.29, 1.82) is 0 Å². The zero-order chi connectivity index (χ0) is 12.9. The van der Waals surface area contributed by atoms with E-state index in [4.69, 9.17) is 5.73 Å². The van der Waals surface area contributed by atoms with Crippen LogP contribution in [0.15, 0.2) is 36.4 Å². The van der Waals surface area contributed by atoms with Crippen LogP contribution in [0.3, 0.4) is 0 Å². The second-order valence-corrected chi connectivity index (χ2v) is 4.76. The number of primary amides is 1. The zero-order valence-electron chi connectivity index (χ0n) is 10.0. The molecule has 1 aliphatic carbocycles. The van der Waals surface area contributed by atoms with Crippen LogP contribution in [0.2, 0.25) is 0 Å². The standard InChI is InChI=1S/C15H13NO2/c1-8(17)12-10-6-2-4-9-5-3-7-11(13(9)10)14(12)15(16)18/h2-7,12,14H,1H3,(H2,16,18). The summed E-state index contributed by atoms with van der Waals surface area (Å²) >= 11 is 0. The topological polar surface area (TPSA) is 60.2 Å². The molecule has 90 valence electrons. The molecule has 0 aromatic heterocycles. The summed E-state index contributed by atoms with van der Waals surface area (Å²) in [5, 5.41) is 2.07. The van der Waals surface area contributed by atoms with Gasteiger partial charge in [0.25, 0.3) is 0 Å². The maximum atomic E-state index is 11.9.